The molecule has 0 unspecified atom stereocenters. The molecule has 0 spiro atoms. The van der Waals surface area contributed by atoms with E-state index in [0.29, 0.717) is 12.3 Å². The lowest BCUT2D eigenvalue weighted by molar-refractivity contribution is -0.108. The lowest BCUT2D eigenvalue weighted by Crippen LogP contribution is -2.16. The predicted octanol–water partition coefficient (Wildman–Crippen LogP) is 2.96. The Kier molecular flexibility index (Phi) is 4.06. The first-order valence-corrected chi connectivity index (χ1v) is 4.94. The van der Waals surface area contributed by atoms with Gasteiger partial charge in [-0.15, -0.1) is 6.58 Å². The Morgan fingerprint density at radius 1 is 1.33 bits per heavy atom. The van der Waals surface area contributed by atoms with Gasteiger partial charge in [-0.1, -0.05) is 25.3 Å². The van der Waals surface area contributed by atoms with Crippen LogP contribution in [0.1, 0.15) is 38.5 Å². The van der Waals surface area contributed by atoms with Crippen molar-refractivity contribution in [2.45, 2.75) is 38.5 Å². The van der Waals surface area contributed by atoms with Gasteiger partial charge in [0.2, 0.25) is 0 Å². The van der Waals surface area contributed by atoms with Crippen molar-refractivity contribution in [3.05, 3.63) is 12.7 Å². The zero-order valence-corrected chi connectivity index (χ0v) is 7.67. The number of hydrogen-bond acceptors (Lipinski definition) is 1. The summed E-state index contributed by atoms with van der Waals surface area (Å²) < 4.78 is 0. The van der Waals surface area contributed by atoms with Crippen LogP contribution in [0.3, 0.4) is 0 Å². The summed E-state index contributed by atoms with van der Waals surface area (Å²) in [4.78, 5) is 10.4. The van der Waals surface area contributed by atoms with E-state index >= 15 is 0 Å². The molecule has 1 rings (SSSR count). The van der Waals surface area contributed by atoms with Crippen LogP contribution in [0.5, 0.6) is 0 Å². The zero-order valence-electron chi connectivity index (χ0n) is 7.67. The average molecular weight is 166 g/mol. The van der Waals surface area contributed by atoms with E-state index in [9.17, 15) is 4.79 Å². The maximum Gasteiger partial charge on any atom is 0.120 e. The number of rotatable bonds is 4. The molecule has 68 valence electrons. The van der Waals surface area contributed by atoms with Crippen molar-refractivity contribution in [3.8, 4) is 0 Å². The molecule has 1 aliphatic carbocycles. The van der Waals surface area contributed by atoms with Crippen LogP contribution in [-0.4, -0.2) is 6.29 Å². The summed E-state index contributed by atoms with van der Waals surface area (Å²) in [6, 6.07) is 0. The van der Waals surface area contributed by atoms with Crippen molar-refractivity contribution < 1.29 is 4.79 Å². The predicted molar refractivity (Wildman–Crippen MR) is 50.9 cm³/mol. The monoisotopic (exact) mass is 166 g/mol. The maximum absolute atomic E-state index is 10.4. The number of hydrogen-bond donors (Lipinski definition) is 0. The van der Waals surface area contributed by atoms with E-state index in [0.717, 1.165) is 12.2 Å². The van der Waals surface area contributed by atoms with Gasteiger partial charge in [-0.25, -0.2) is 0 Å². The molecule has 1 aliphatic rings. The van der Waals surface area contributed by atoms with E-state index in [1.807, 2.05) is 6.08 Å². The van der Waals surface area contributed by atoms with E-state index in [2.05, 4.69) is 6.58 Å². The molecule has 0 saturated heterocycles. The van der Waals surface area contributed by atoms with Crippen LogP contribution >= 0.6 is 0 Å². The highest BCUT2D eigenvalue weighted by Gasteiger charge is 2.20. The Balaban J connectivity index is 2.39. The van der Waals surface area contributed by atoms with Gasteiger partial charge in [-0.2, -0.15) is 0 Å². The van der Waals surface area contributed by atoms with Crippen molar-refractivity contribution in [1.29, 1.82) is 0 Å². The quantitative estimate of drug-likeness (QED) is 0.463. The van der Waals surface area contributed by atoms with Crippen LogP contribution in [0.4, 0.5) is 0 Å². The summed E-state index contributed by atoms with van der Waals surface area (Å²) in [7, 11) is 0. The highest BCUT2D eigenvalue weighted by atomic mass is 16.1. The normalized spacial score (nSPS) is 21.7. The van der Waals surface area contributed by atoms with Crippen LogP contribution in [0.2, 0.25) is 0 Å². The van der Waals surface area contributed by atoms with Crippen molar-refractivity contribution in [2.24, 2.45) is 11.8 Å². The molecule has 1 fully saturated rings. The summed E-state index contributed by atoms with van der Waals surface area (Å²) in [5.41, 5.74) is 0. The zero-order chi connectivity index (χ0) is 8.81. The molecule has 1 saturated carbocycles. The van der Waals surface area contributed by atoms with Gasteiger partial charge in [-0.05, 0) is 24.7 Å². The second kappa shape index (κ2) is 5.13. The van der Waals surface area contributed by atoms with Crippen molar-refractivity contribution in [1.82, 2.24) is 0 Å². The van der Waals surface area contributed by atoms with Gasteiger partial charge in [0.25, 0.3) is 0 Å². The van der Waals surface area contributed by atoms with Crippen LogP contribution < -0.4 is 0 Å². The lowest BCUT2D eigenvalue weighted by atomic mass is 9.79. The average Bonchev–Trinajstić information content (AvgIpc) is 2.15. The van der Waals surface area contributed by atoms with Crippen molar-refractivity contribution in [3.63, 3.8) is 0 Å². The lowest BCUT2D eigenvalue weighted by Gasteiger charge is -2.26. The molecule has 12 heavy (non-hydrogen) atoms. The van der Waals surface area contributed by atoms with E-state index in [4.69, 9.17) is 0 Å². The molecule has 0 bridgehead atoms. The van der Waals surface area contributed by atoms with Crippen molar-refractivity contribution in [2.75, 3.05) is 0 Å². The van der Waals surface area contributed by atoms with Gasteiger partial charge >= 0.3 is 0 Å². The number of carbonyl (C=O) groups is 1. The van der Waals surface area contributed by atoms with E-state index < -0.39 is 0 Å². The van der Waals surface area contributed by atoms with Gasteiger partial charge < -0.3 is 4.79 Å². The fourth-order valence-electron chi connectivity index (χ4n) is 2.15. The molecule has 1 heteroatoms. The fraction of sp³-hybridized carbons (Fsp3) is 0.727. The summed E-state index contributed by atoms with van der Waals surface area (Å²) >= 11 is 0. The van der Waals surface area contributed by atoms with Gasteiger partial charge in [-0.3, -0.25) is 0 Å². The molecule has 1 nitrogen and oxygen atoms in total. The maximum atomic E-state index is 10.4. The molecule has 0 amide bonds. The molecular formula is C11H18O. The van der Waals surface area contributed by atoms with Crippen LogP contribution in [0, 0.1) is 11.8 Å². The van der Waals surface area contributed by atoms with Gasteiger partial charge in [0, 0.05) is 6.42 Å². The largest absolute Gasteiger partial charge is 0.303 e. The molecule has 0 aliphatic heterocycles. The molecular weight excluding hydrogens is 148 g/mol. The molecule has 0 aromatic heterocycles. The molecule has 1 atom stereocenters. The van der Waals surface area contributed by atoms with Crippen LogP contribution in [0.15, 0.2) is 12.7 Å². The van der Waals surface area contributed by atoms with Gasteiger partial charge in [0.15, 0.2) is 0 Å². The van der Waals surface area contributed by atoms with Gasteiger partial charge in [0.05, 0.1) is 0 Å². The topological polar surface area (TPSA) is 17.1 Å². The molecule has 0 aromatic rings. The smallest absolute Gasteiger partial charge is 0.120 e. The standard InChI is InChI=1S/C11H18O/c1-2-10(8-9-12)11-6-4-3-5-7-11/h2,9-11H,1,3-8H2/t10-/m0/s1. The Morgan fingerprint density at radius 2 is 2.00 bits per heavy atom. The highest BCUT2D eigenvalue weighted by molar-refractivity contribution is 5.50. The second-order valence-electron chi connectivity index (χ2n) is 3.70. The Hall–Kier alpha value is -0.590. The second-order valence-corrected chi connectivity index (χ2v) is 3.70. The van der Waals surface area contributed by atoms with E-state index in [1.54, 1.807) is 0 Å². The number of carbonyl (C=O) groups excluding carboxylic acids is 1. The van der Waals surface area contributed by atoms with E-state index in [-0.39, 0.29) is 0 Å². The molecule has 0 N–H and O–H groups in total. The fourth-order valence-corrected chi connectivity index (χ4v) is 2.15. The minimum atomic E-state index is 0.447. The van der Waals surface area contributed by atoms with E-state index in [1.165, 1.54) is 32.1 Å². The SMILES string of the molecule is C=C[C@@H](CC=O)C1CCCCC1. The Bertz CT molecular complexity index is 145. The van der Waals surface area contributed by atoms with Crippen molar-refractivity contribution >= 4 is 6.29 Å². The molecule has 0 aromatic carbocycles. The molecule has 0 radical (unpaired) electrons. The first kappa shape index (κ1) is 9.50. The summed E-state index contributed by atoms with van der Waals surface area (Å²) in [6.07, 6.45) is 10.3. The summed E-state index contributed by atoms with van der Waals surface area (Å²) in [6.45, 7) is 3.80. The first-order valence-electron chi connectivity index (χ1n) is 4.94. The third-order valence-electron chi connectivity index (χ3n) is 2.93. The minimum absolute atomic E-state index is 0.447. The molecule has 0 heterocycles. The Morgan fingerprint density at radius 3 is 2.50 bits per heavy atom. The third-order valence-corrected chi connectivity index (χ3v) is 2.93. The number of allylic oxidation sites excluding steroid dienone is 1. The third kappa shape index (κ3) is 2.47. The van der Waals surface area contributed by atoms with Gasteiger partial charge in [0.1, 0.15) is 6.29 Å². The summed E-state index contributed by atoms with van der Waals surface area (Å²) in [5, 5.41) is 0. The summed E-state index contributed by atoms with van der Waals surface area (Å²) in [5.74, 6) is 1.18. The number of aldehydes is 1. The van der Waals surface area contributed by atoms with Crippen LogP contribution in [-0.2, 0) is 4.79 Å². The Labute approximate surface area is 74.9 Å². The highest BCUT2D eigenvalue weighted by Crippen LogP contribution is 2.31. The first-order chi connectivity index (χ1) is 5.88. The van der Waals surface area contributed by atoms with Crippen LogP contribution in [0.25, 0.3) is 0 Å². The minimum Gasteiger partial charge on any atom is -0.303 e.